The summed E-state index contributed by atoms with van der Waals surface area (Å²) in [5.74, 6) is -1.52. The Balaban J connectivity index is 3.08. The minimum atomic E-state index is -1.12. The van der Waals surface area contributed by atoms with Crippen molar-refractivity contribution in [3.05, 3.63) is 0 Å². The van der Waals surface area contributed by atoms with E-state index in [1.165, 1.54) is 0 Å². The van der Waals surface area contributed by atoms with Crippen LogP contribution in [-0.2, 0) is 57.0 Å². The Morgan fingerprint density at radius 2 is 0.789 bits per heavy atom. The molecule has 38 heavy (non-hydrogen) atoms. The Labute approximate surface area is 225 Å². The normalized spacial score (nSPS) is 11.2. The molecule has 0 aromatic carbocycles. The topological polar surface area (TPSA) is 159 Å². The molecule has 0 atom stereocenters. The Bertz CT molecular complexity index is 514. The largest absolute Gasteiger partial charge is 0.480 e. The van der Waals surface area contributed by atoms with Crippen LogP contribution in [0.3, 0.4) is 0 Å². The average molecular weight is 558 g/mol. The van der Waals surface area contributed by atoms with Crippen molar-refractivity contribution >= 4 is 11.9 Å². The van der Waals surface area contributed by atoms with E-state index in [0.717, 1.165) is 0 Å². The van der Waals surface area contributed by atoms with Crippen molar-refractivity contribution in [1.82, 2.24) is 5.32 Å². The van der Waals surface area contributed by atoms with Gasteiger partial charge in [-0.15, -0.1) is 0 Å². The van der Waals surface area contributed by atoms with E-state index in [1.807, 2.05) is 6.92 Å². The second-order valence-electron chi connectivity index (χ2n) is 7.33. The monoisotopic (exact) mass is 557 g/mol. The van der Waals surface area contributed by atoms with Crippen molar-refractivity contribution in [1.29, 1.82) is 0 Å². The average Bonchev–Trinajstić information content (AvgIpc) is 2.90. The van der Waals surface area contributed by atoms with Gasteiger partial charge in [0.25, 0.3) is 0 Å². The highest BCUT2D eigenvalue weighted by Gasteiger charge is 2.03. The molecule has 0 fully saturated rings. The molecule has 0 saturated heterocycles. The molecule has 0 spiro atoms. The van der Waals surface area contributed by atoms with Crippen LogP contribution in [0.15, 0.2) is 0 Å². The van der Waals surface area contributed by atoms with Crippen LogP contribution in [0.2, 0.25) is 0 Å². The molecule has 0 heterocycles. The number of ether oxygens (including phenoxy) is 10. The van der Waals surface area contributed by atoms with Gasteiger partial charge in [-0.3, -0.25) is 4.79 Å². The first kappa shape index (κ1) is 36.5. The molecule has 0 radical (unpaired) electrons. The molecule has 2 N–H and O–H groups in total. The van der Waals surface area contributed by atoms with Crippen LogP contribution in [-0.4, -0.2) is 156 Å². The number of nitrogens with one attached hydrogen (secondary N) is 1. The highest BCUT2D eigenvalue weighted by molar-refractivity contribution is 5.77. The van der Waals surface area contributed by atoms with Crippen LogP contribution in [0.5, 0.6) is 0 Å². The van der Waals surface area contributed by atoms with Gasteiger partial charge < -0.3 is 57.8 Å². The van der Waals surface area contributed by atoms with E-state index in [-0.39, 0.29) is 6.61 Å². The summed E-state index contributed by atoms with van der Waals surface area (Å²) in [7, 11) is 0. The maximum Gasteiger partial charge on any atom is 0.329 e. The minimum Gasteiger partial charge on any atom is -0.480 e. The quantitative estimate of drug-likeness (QED) is 0.101. The number of rotatable bonds is 32. The number of hydrogen-bond donors (Lipinski definition) is 2. The second-order valence-corrected chi connectivity index (χ2v) is 7.33. The molecule has 0 aromatic rings. The third kappa shape index (κ3) is 32.6. The lowest BCUT2D eigenvalue weighted by atomic mass is 10.6. The molecule has 14 heteroatoms. The van der Waals surface area contributed by atoms with Gasteiger partial charge in [-0.2, -0.15) is 0 Å². The summed E-state index contributed by atoms with van der Waals surface area (Å²) in [6.07, 6.45) is 0. The fourth-order valence-corrected chi connectivity index (χ4v) is 2.45. The molecule has 0 saturated carbocycles. The highest BCUT2D eigenvalue weighted by Crippen LogP contribution is 1.86. The van der Waals surface area contributed by atoms with Crippen molar-refractivity contribution in [3.63, 3.8) is 0 Å². The van der Waals surface area contributed by atoms with Crippen molar-refractivity contribution < 1.29 is 62.1 Å². The van der Waals surface area contributed by atoms with Crippen LogP contribution in [0.1, 0.15) is 6.92 Å². The van der Waals surface area contributed by atoms with Gasteiger partial charge >= 0.3 is 5.97 Å². The Hall–Kier alpha value is -1.46. The van der Waals surface area contributed by atoms with Gasteiger partial charge in [-0.25, -0.2) is 4.79 Å². The fourth-order valence-electron chi connectivity index (χ4n) is 2.45. The number of carbonyl (C=O) groups excluding carboxylic acids is 1. The van der Waals surface area contributed by atoms with Crippen molar-refractivity contribution in [3.8, 4) is 0 Å². The van der Waals surface area contributed by atoms with E-state index in [0.29, 0.717) is 125 Å². The molecule has 14 nitrogen and oxygen atoms in total. The molecule has 0 aliphatic heterocycles. The van der Waals surface area contributed by atoms with E-state index < -0.39 is 18.5 Å². The van der Waals surface area contributed by atoms with E-state index in [1.54, 1.807) is 0 Å². The van der Waals surface area contributed by atoms with Crippen LogP contribution in [0.4, 0.5) is 0 Å². The molecule has 0 aliphatic carbocycles. The summed E-state index contributed by atoms with van der Waals surface area (Å²) >= 11 is 0. The van der Waals surface area contributed by atoms with Crippen LogP contribution in [0.25, 0.3) is 0 Å². The Morgan fingerprint density at radius 3 is 1.11 bits per heavy atom. The van der Waals surface area contributed by atoms with Gasteiger partial charge in [0, 0.05) is 13.2 Å². The zero-order chi connectivity index (χ0) is 27.8. The Morgan fingerprint density at radius 1 is 0.474 bits per heavy atom. The van der Waals surface area contributed by atoms with E-state index in [4.69, 9.17) is 47.7 Å². The number of amides is 1. The lowest BCUT2D eigenvalue weighted by Gasteiger charge is -2.09. The van der Waals surface area contributed by atoms with Gasteiger partial charge in [0.05, 0.1) is 112 Å². The molecule has 0 rings (SSSR count). The van der Waals surface area contributed by atoms with E-state index >= 15 is 0 Å². The standard InChI is InChI=1S/C24H47NO13/c1-2-29-5-6-31-9-10-33-13-14-35-17-18-37-20-19-36-16-15-34-12-11-32-8-7-30-4-3-25-23(26)21-38-22-24(27)28/h2-22H2,1H3,(H,25,26)(H,27,28). The van der Waals surface area contributed by atoms with Crippen LogP contribution >= 0.6 is 0 Å². The smallest absolute Gasteiger partial charge is 0.329 e. The predicted molar refractivity (Wildman–Crippen MR) is 135 cm³/mol. The summed E-state index contributed by atoms with van der Waals surface area (Å²) in [6.45, 7) is 10.4. The summed E-state index contributed by atoms with van der Waals surface area (Å²) < 4.78 is 52.9. The molecule has 0 bridgehead atoms. The molecule has 1 amide bonds. The second kappa shape index (κ2) is 31.8. The van der Waals surface area contributed by atoms with Crippen molar-refractivity contribution in [2.24, 2.45) is 0 Å². The highest BCUT2D eigenvalue weighted by atomic mass is 16.6. The maximum absolute atomic E-state index is 11.3. The van der Waals surface area contributed by atoms with Gasteiger partial charge in [0.2, 0.25) is 5.91 Å². The lowest BCUT2D eigenvalue weighted by Crippen LogP contribution is -2.31. The third-order valence-corrected chi connectivity index (χ3v) is 4.21. The van der Waals surface area contributed by atoms with Crippen molar-refractivity contribution in [2.75, 3.05) is 139 Å². The minimum absolute atomic E-state index is 0.297. The molecule has 0 unspecified atom stereocenters. The van der Waals surface area contributed by atoms with Gasteiger partial charge in [-0.1, -0.05) is 0 Å². The number of hydrogen-bond acceptors (Lipinski definition) is 12. The van der Waals surface area contributed by atoms with Gasteiger partial charge in [0.15, 0.2) is 0 Å². The number of carbonyl (C=O) groups is 2. The van der Waals surface area contributed by atoms with Crippen molar-refractivity contribution in [2.45, 2.75) is 6.92 Å². The van der Waals surface area contributed by atoms with Gasteiger partial charge in [-0.05, 0) is 6.92 Å². The predicted octanol–water partition coefficient (Wildman–Crippen LogP) is -0.627. The summed E-state index contributed by atoms with van der Waals surface area (Å²) in [6, 6.07) is 0. The molecule has 0 aliphatic rings. The molecule has 226 valence electrons. The number of carboxylic acids is 1. The van der Waals surface area contributed by atoms with Crippen LogP contribution < -0.4 is 5.32 Å². The van der Waals surface area contributed by atoms with E-state index in [9.17, 15) is 9.59 Å². The molecule has 0 aromatic heterocycles. The number of aliphatic carboxylic acids is 1. The first-order chi connectivity index (χ1) is 18.7. The molecular formula is C24H47NO13. The summed E-state index contributed by atoms with van der Waals surface area (Å²) in [4.78, 5) is 21.6. The van der Waals surface area contributed by atoms with E-state index in [2.05, 4.69) is 10.1 Å². The first-order valence-electron chi connectivity index (χ1n) is 12.9. The SMILES string of the molecule is CCOCCOCCOCCOCCOCCOCCOCCOCCOCCNC(=O)COCC(=O)O. The molecular weight excluding hydrogens is 510 g/mol. The Kier molecular flexibility index (Phi) is 30.5. The summed E-state index contributed by atoms with van der Waals surface area (Å²) in [5, 5.41) is 10.9. The lowest BCUT2D eigenvalue weighted by molar-refractivity contribution is -0.143. The van der Waals surface area contributed by atoms with Gasteiger partial charge in [0.1, 0.15) is 13.2 Å². The summed E-state index contributed by atoms with van der Waals surface area (Å²) in [5.41, 5.74) is 0. The fraction of sp³-hybridized carbons (Fsp3) is 0.917. The maximum atomic E-state index is 11.3. The van der Waals surface area contributed by atoms with Crippen LogP contribution in [0, 0.1) is 0 Å². The zero-order valence-electron chi connectivity index (χ0n) is 22.7. The number of carboxylic acid groups (broad SMARTS) is 1. The zero-order valence-corrected chi connectivity index (χ0v) is 22.7. The first-order valence-corrected chi connectivity index (χ1v) is 12.9. The third-order valence-electron chi connectivity index (χ3n) is 4.21.